The molecular formula is C6H11NO2. The van der Waals surface area contributed by atoms with Crippen molar-refractivity contribution in [1.29, 1.82) is 0 Å². The van der Waals surface area contributed by atoms with E-state index < -0.39 is 6.10 Å². The molecule has 1 atom stereocenters. The highest BCUT2D eigenvalue weighted by Crippen LogP contribution is 1.98. The first kappa shape index (κ1) is 6.71. The van der Waals surface area contributed by atoms with E-state index >= 15 is 0 Å². The van der Waals surface area contributed by atoms with Crippen LogP contribution in [0.5, 0.6) is 0 Å². The van der Waals surface area contributed by atoms with Crippen LogP contribution in [0.2, 0.25) is 0 Å². The van der Waals surface area contributed by atoms with Gasteiger partial charge in [-0.15, -0.1) is 0 Å². The number of nitrogens with one attached hydrogen (secondary N) is 1. The second kappa shape index (κ2) is 2.94. The van der Waals surface area contributed by atoms with E-state index in [1.807, 2.05) is 0 Å². The van der Waals surface area contributed by atoms with Crippen molar-refractivity contribution in [3.63, 3.8) is 0 Å². The Kier molecular flexibility index (Phi) is 2.19. The van der Waals surface area contributed by atoms with Crippen molar-refractivity contribution in [2.24, 2.45) is 0 Å². The normalized spacial score (nSPS) is 29.9. The molecular weight excluding hydrogens is 118 g/mol. The van der Waals surface area contributed by atoms with Gasteiger partial charge in [0, 0.05) is 13.0 Å². The topological polar surface area (TPSA) is 49.3 Å². The minimum Gasteiger partial charge on any atom is -0.384 e. The van der Waals surface area contributed by atoms with Crippen molar-refractivity contribution in [2.75, 3.05) is 13.1 Å². The molecule has 0 aromatic heterocycles. The van der Waals surface area contributed by atoms with E-state index in [9.17, 15) is 4.79 Å². The minimum absolute atomic E-state index is 0.0278. The van der Waals surface area contributed by atoms with E-state index in [1.54, 1.807) is 0 Å². The third-order valence-electron chi connectivity index (χ3n) is 1.49. The van der Waals surface area contributed by atoms with Crippen LogP contribution in [0.25, 0.3) is 0 Å². The van der Waals surface area contributed by atoms with Crippen molar-refractivity contribution >= 4 is 5.78 Å². The summed E-state index contributed by atoms with van der Waals surface area (Å²) in [6.45, 7) is 1.28. The minimum atomic E-state index is -0.757. The molecule has 0 bridgehead atoms. The van der Waals surface area contributed by atoms with Gasteiger partial charge in [0.15, 0.2) is 5.78 Å². The van der Waals surface area contributed by atoms with Crippen LogP contribution in [0.4, 0.5) is 0 Å². The van der Waals surface area contributed by atoms with Crippen LogP contribution in [0.15, 0.2) is 0 Å². The van der Waals surface area contributed by atoms with Gasteiger partial charge < -0.3 is 10.4 Å². The first-order chi connectivity index (χ1) is 4.30. The number of hydrogen-bond donors (Lipinski definition) is 2. The van der Waals surface area contributed by atoms with E-state index in [4.69, 9.17) is 5.11 Å². The molecule has 0 aromatic rings. The van der Waals surface area contributed by atoms with Crippen LogP contribution in [0.1, 0.15) is 12.8 Å². The Balaban J connectivity index is 2.41. The smallest absolute Gasteiger partial charge is 0.162 e. The molecule has 52 valence electrons. The van der Waals surface area contributed by atoms with Crippen molar-refractivity contribution < 1.29 is 9.90 Å². The number of aliphatic hydroxyl groups excluding tert-OH is 1. The van der Waals surface area contributed by atoms with Gasteiger partial charge in [-0.3, -0.25) is 4.79 Å². The van der Waals surface area contributed by atoms with E-state index in [0.29, 0.717) is 13.0 Å². The number of carbonyl (C=O) groups is 1. The number of β-amino-alcohol motifs (C(OH)–C–C–N with tert-alkyl or cyclic N) is 1. The van der Waals surface area contributed by atoms with Crippen molar-refractivity contribution in [1.82, 2.24) is 5.32 Å². The molecule has 3 nitrogen and oxygen atoms in total. The monoisotopic (exact) mass is 129 g/mol. The maximum absolute atomic E-state index is 10.7. The van der Waals surface area contributed by atoms with Crippen LogP contribution in [-0.4, -0.2) is 30.1 Å². The van der Waals surface area contributed by atoms with E-state index in [0.717, 1.165) is 13.0 Å². The third kappa shape index (κ3) is 1.77. The molecule has 1 rings (SSSR count). The summed E-state index contributed by atoms with van der Waals surface area (Å²) in [6, 6.07) is 0. The molecule has 9 heavy (non-hydrogen) atoms. The summed E-state index contributed by atoms with van der Waals surface area (Å²) in [5.41, 5.74) is 0. The predicted octanol–water partition coefficient (Wildman–Crippen LogP) is -0.700. The van der Waals surface area contributed by atoms with Gasteiger partial charge in [0.25, 0.3) is 0 Å². The van der Waals surface area contributed by atoms with Crippen molar-refractivity contribution in [3.05, 3.63) is 0 Å². The summed E-state index contributed by atoms with van der Waals surface area (Å²) >= 11 is 0. The Morgan fingerprint density at radius 2 is 2.44 bits per heavy atom. The highest BCUT2D eigenvalue weighted by molar-refractivity contribution is 5.83. The molecule has 0 radical (unpaired) electrons. The van der Waals surface area contributed by atoms with E-state index in [1.165, 1.54) is 0 Å². The molecule has 1 saturated heterocycles. The molecule has 0 amide bonds. The van der Waals surface area contributed by atoms with Gasteiger partial charge >= 0.3 is 0 Å². The molecule has 0 aliphatic carbocycles. The van der Waals surface area contributed by atoms with Gasteiger partial charge in [0.1, 0.15) is 6.10 Å². The Morgan fingerprint density at radius 1 is 1.67 bits per heavy atom. The Morgan fingerprint density at radius 3 is 3.22 bits per heavy atom. The molecule has 1 aliphatic heterocycles. The zero-order chi connectivity index (χ0) is 6.69. The van der Waals surface area contributed by atoms with Crippen molar-refractivity contribution in [3.8, 4) is 0 Å². The quantitative estimate of drug-likeness (QED) is 0.454. The molecule has 1 unspecified atom stereocenters. The lowest BCUT2D eigenvalue weighted by molar-refractivity contribution is -0.126. The summed E-state index contributed by atoms with van der Waals surface area (Å²) in [4.78, 5) is 10.7. The van der Waals surface area contributed by atoms with Gasteiger partial charge in [0.05, 0.1) is 0 Å². The van der Waals surface area contributed by atoms with E-state index in [2.05, 4.69) is 5.32 Å². The summed E-state index contributed by atoms with van der Waals surface area (Å²) in [5, 5.41) is 11.9. The zero-order valence-electron chi connectivity index (χ0n) is 5.26. The number of aliphatic hydroxyl groups is 1. The number of Topliss-reactive ketones (excluding diaryl/α,β-unsaturated/α-hetero) is 1. The molecule has 1 fully saturated rings. The average Bonchev–Trinajstić information content (AvgIpc) is 1.99. The maximum Gasteiger partial charge on any atom is 0.162 e. The van der Waals surface area contributed by atoms with Gasteiger partial charge in [-0.2, -0.15) is 0 Å². The van der Waals surface area contributed by atoms with Gasteiger partial charge in [-0.1, -0.05) is 0 Å². The number of ketones is 1. The lowest BCUT2D eigenvalue weighted by Crippen LogP contribution is -2.29. The SMILES string of the molecule is O=C1CCCNCC1O. The van der Waals surface area contributed by atoms with Crippen LogP contribution < -0.4 is 5.32 Å². The summed E-state index contributed by atoms with van der Waals surface area (Å²) in [6.07, 6.45) is 0.622. The highest BCUT2D eigenvalue weighted by Gasteiger charge is 2.16. The molecule has 0 saturated carbocycles. The second-order valence-electron chi connectivity index (χ2n) is 2.29. The summed E-state index contributed by atoms with van der Waals surface area (Å²) in [7, 11) is 0. The van der Waals surface area contributed by atoms with Crippen LogP contribution in [0, 0.1) is 0 Å². The lowest BCUT2D eigenvalue weighted by atomic mass is 10.2. The fourth-order valence-electron chi connectivity index (χ4n) is 0.907. The lowest BCUT2D eigenvalue weighted by Gasteiger charge is -2.02. The summed E-state index contributed by atoms with van der Waals surface area (Å²) in [5.74, 6) is -0.0278. The molecule has 1 aliphatic rings. The molecule has 0 spiro atoms. The molecule has 3 heteroatoms. The van der Waals surface area contributed by atoms with Gasteiger partial charge in [0.2, 0.25) is 0 Å². The Labute approximate surface area is 54.1 Å². The maximum atomic E-state index is 10.7. The highest BCUT2D eigenvalue weighted by atomic mass is 16.3. The number of hydrogen-bond acceptors (Lipinski definition) is 3. The second-order valence-corrected chi connectivity index (χ2v) is 2.29. The Bertz CT molecular complexity index is 114. The van der Waals surface area contributed by atoms with Gasteiger partial charge in [-0.25, -0.2) is 0 Å². The van der Waals surface area contributed by atoms with Crippen LogP contribution in [0.3, 0.4) is 0 Å². The zero-order valence-corrected chi connectivity index (χ0v) is 5.26. The largest absolute Gasteiger partial charge is 0.384 e. The molecule has 1 heterocycles. The standard InChI is InChI=1S/C6H11NO2/c8-5-2-1-3-7-4-6(5)9/h6-7,9H,1-4H2. The fourth-order valence-corrected chi connectivity index (χ4v) is 0.907. The first-order valence-electron chi connectivity index (χ1n) is 3.22. The third-order valence-corrected chi connectivity index (χ3v) is 1.49. The average molecular weight is 129 g/mol. The number of rotatable bonds is 0. The van der Waals surface area contributed by atoms with Crippen LogP contribution in [-0.2, 0) is 4.79 Å². The first-order valence-corrected chi connectivity index (χ1v) is 3.22. The summed E-state index contributed by atoms with van der Waals surface area (Å²) < 4.78 is 0. The molecule has 0 aromatic carbocycles. The van der Waals surface area contributed by atoms with Crippen molar-refractivity contribution in [2.45, 2.75) is 18.9 Å². The predicted molar refractivity (Wildman–Crippen MR) is 33.1 cm³/mol. The fraction of sp³-hybridized carbons (Fsp3) is 0.833. The molecule has 2 N–H and O–H groups in total. The Hall–Kier alpha value is -0.410. The van der Waals surface area contributed by atoms with E-state index in [-0.39, 0.29) is 5.78 Å². The van der Waals surface area contributed by atoms with Gasteiger partial charge in [-0.05, 0) is 13.0 Å². The van der Waals surface area contributed by atoms with Crippen LogP contribution >= 0.6 is 0 Å². The number of carbonyl (C=O) groups excluding carboxylic acids is 1.